The molecule has 2 aromatic rings. The molecule has 0 atom stereocenters. The van der Waals surface area contributed by atoms with Gasteiger partial charge in [0.2, 0.25) is 5.91 Å². The maximum atomic E-state index is 13.0. The topological polar surface area (TPSA) is 55.1 Å². The average Bonchev–Trinajstić information content (AvgIpc) is 2.37. The lowest BCUT2D eigenvalue weighted by molar-refractivity contribution is -0.115. The molecule has 0 aliphatic heterocycles. The first-order chi connectivity index (χ1) is 9.04. The smallest absolute Gasteiger partial charge is 0.228 e. The molecule has 0 aromatic heterocycles. The molecular weight excluding hydrogens is 267 g/mol. The van der Waals surface area contributed by atoms with Gasteiger partial charge in [-0.25, -0.2) is 4.39 Å². The third kappa shape index (κ3) is 3.69. The molecule has 1 amide bonds. The summed E-state index contributed by atoms with van der Waals surface area (Å²) in [6.45, 7) is 0. The molecule has 2 rings (SSSR count). The van der Waals surface area contributed by atoms with Crippen LogP contribution in [0.25, 0.3) is 0 Å². The molecule has 0 unspecified atom stereocenters. The van der Waals surface area contributed by atoms with Gasteiger partial charge in [0.1, 0.15) is 5.82 Å². The summed E-state index contributed by atoms with van der Waals surface area (Å²) in [5, 5.41) is 3.19. The molecule has 2 aromatic carbocycles. The van der Waals surface area contributed by atoms with Gasteiger partial charge in [-0.1, -0.05) is 23.7 Å². The van der Waals surface area contributed by atoms with Crippen molar-refractivity contribution in [1.29, 1.82) is 0 Å². The van der Waals surface area contributed by atoms with Gasteiger partial charge < -0.3 is 11.1 Å². The third-order valence-corrected chi connectivity index (χ3v) is 2.82. The van der Waals surface area contributed by atoms with E-state index in [1.54, 1.807) is 24.3 Å². The zero-order chi connectivity index (χ0) is 13.8. The molecule has 5 heteroatoms. The molecule has 98 valence electrons. The molecule has 0 fully saturated rings. The quantitative estimate of drug-likeness (QED) is 0.847. The molecule has 0 bridgehead atoms. The summed E-state index contributed by atoms with van der Waals surface area (Å²) in [5.41, 5.74) is 7.07. The van der Waals surface area contributed by atoms with Gasteiger partial charge in [0.05, 0.1) is 17.8 Å². The maximum Gasteiger partial charge on any atom is 0.228 e. The first-order valence-electron chi connectivity index (χ1n) is 5.64. The number of amides is 1. The molecule has 0 aliphatic rings. The highest BCUT2D eigenvalue weighted by atomic mass is 35.5. The van der Waals surface area contributed by atoms with E-state index in [2.05, 4.69) is 5.32 Å². The van der Waals surface area contributed by atoms with Crippen LogP contribution in [0.2, 0.25) is 5.02 Å². The normalized spacial score (nSPS) is 10.2. The van der Waals surface area contributed by atoms with Crippen LogP contribution in [-0.2, 0) is 11.2 Å². The predicted molar refractivity (Wildman–Crippen MR) is 74.6 cm³/mol. The summed E-state index contributed by atoms with van der Waals surface area (Å²) < 4.78 is 13.0. The Bertz CT molecular complexity index is 599. The van der Waals surface area contributed by atoms with Gasteiger partial charge in [0, 0.05) is 5.02 Å². The summed E-state index contributed by atoms with van der Waals surface area (Å²) in [5.74, 6) is -0.712. The average molecular weight is 279 g/mol. The van der Waals surface area contributed by atoms with Crippen LogP contribution in [0.3, 0.4) is 0 Å². The van der Waals surface area contributed by atoms with E-state index >= 15 is 0 Å². The summed E-state index contributed by atoms with van der Waals surface area (Å²) >= 11 is 5.76. The van der Waals surface area contributed by atoms with Crippen molar-refractivity contribution in [3.63, 3.8) is 0 Å². The number of hydrogen-bond acceptors (Lipinski definition) is 2. The second-order valence-electron chi connectivity index (χ2n) is 4.08. The number of carbonyl (C=O) groups excluding carboxylic acids is 1. The van der Waals surface area contributed by atoms with Crippen LogP contribution in [0.1, 0.15) is 5.56 Å². The first-order valence-corrected chi connectivity index (χ1v) is 6.02. The number of nitrogen functional groups attached to an aromatic ring is 1. The van der Waals surface area contributed by atoms with Crippen LogP contribution in [-0.4, -0.2) is 5.91 Å². The summed E-state index contributed by atoms with van der Waals surface area (Å²) in [4.78, 5) is 11.8. The van der Waals surface area contributed by atoms with Crippen LogP contribution in [0.5, 0.6) is 0 Å². The number of halogens is 2. The fourth-order valence-electron chi connectivity index (χ4n) is 1.62. The fourth-order valence-corrected chi connectivity index (χ4v) is 1.74. The first kappa shape index (κ1) is 13.4. The number of carbonyl (C=O) groups is 1. The largest absolute Gasteiger partial charge is 0.397 e. The Morgan fingerprint density at radius 3 is 2.58 bits per heavy atom. The van der Waals surface area contributed by atoms with Gasteiger partial charge in [-0.3, -0.25) is 4.79 Å². The maximum absolute atomic E-state index is 13.0. The number of hydrogen-bond donors (Lipinski definition) is 2. The second kappa shape index (κ2) is 5.71. The molecule has 3 N–H and O–H groups in total. The molecule has 0 saturated heterocycles. The minimum atomic E-state index is -0.448. The molecule has 19 heavy (non-hydrogen) atoms. The molecule has 0 spiro atoms. The lowest BCUT2D eigenvalue weighted by Gasteiger charge is -2.08. The number of anilines is 2. The minimum absolute atomic E-state index is 0.174. The number of rotatable bonds is 3. The van der Waals surface area contributed by atoms with Gasteiger partial charge in [-0.2, -0.15) is 0 Å². The van der Waals surface area contributed by atoms with Crippen LogP contribution in [0.15, 0.2) is 42.5 Å². The highest BCUT2D eigenvalue weighted by Crippen LogP contribution is 2.19. The summed E-state index contributed by atoms with van der Waals surface area (Å²) in [7, 11) is 0. The van der Waals surface area contributed by atoms with Crippen molar-refractivity contribution in [2.45, 2.75) is 6.42 Å². The summed E-state index contributed by atoms with van der Waals surface area (Å²) in [6.07, 6.45) is 0.174. The van der Waals surface area contributed by atoms with Gasteiger partial charge in [0.25, 0.3) is 0 Å². The molecule has 0 radical (unpaired) electrons. The monoisotopic (exact) mass is 278 g/mol. The lowest BCUT2D eigenvalue weighted by Crippen LogP contribution is -2.15. The molecule has 0 heterocycles. The SMILES string of the molecule is Nc1ccc(F)cc1NC(=O)Cc1ccc(Cl)cc1. The van der Waals surface area contributed by atoms with Gasteiger partial charge >= 0.3 is 0 Å². The number of nitrogens with two attached hydrogens (primary N) is 1. The Balaban J connectivity index is 2.05. The van der Waals surface area contributed by atoms with Crippen molar-refractivity contribution >= 4 is 28.9 Å². The van der Waals surface area contributed by atoms with E-state index in [1.165, 1.54) is 18.2 Å². The van der Waals surface area contributed by atoms with Crippen molar-refractivity contribution in [3.8, 4) is 0 Å². The predicted octanol–water partition coefficient (Wildman–Crippen LogP) is 3.24. The van der Waals surface area contributed by atoms with E-state index in [-0.39, 0.29) is 18.0 Å². The second-order valence-corrected chi connectivity index (χ2v) is 4.52. The van der Waals surface area contributed by atoms with Crippen molar-refractivity contribution in [2.24, 2.45) is 0 Å². The molecule has 3 nitrogen and oxygen atoms in total. The Labute approximate surface area is 115 Å². The number of nitrogens with one attached hydrogen (secondary N) is 1. The van der Waals surface area contributed by atoms with E-state index in [9.17, 15) is 9.18 Å². The standard InChI is InChI=1S/C14H12ClFN2O/c15-10-3-1-9(2-4-10)7-14(19)18-13-8-11(16)5-6-12(13)17/h1-6,8H,7,17H2,(H,18,19). The van der Waals surface area contributed by atoms with Crippen molar-refractivity contribution in [1.82, 2.24) is 0 Å². The van der Waals surface area contributed by atoms with Crippen molar-refractivity contribution in [3.05, 3.63) is 58.9 Å². The molecular formula is C14H12ClFN2O. The molecule has 0 aliphatic carbocycles. The Morgan fingerprint density at radius 1 is 1.21 bits per heavy atom. The molecule has 0 saturated carbocycles. The zero-order valence-corrected chi connectivity index (χ0v) is 10.7. The van der Waals surface area contributed by atoms with E-state index in [4.69, 9.17) is 17.3 Å². The van der Waals surface area contributed by atoms with E-state index in [0.717, 1.165) is 5.56 Å². The van der Waals surface area contributed by atoms with Crippen LogP contribution in [0, 0.1) is 5.82 Å². The Hall–Kier alpha value is -2.07. The highest BCUT2D eigenvalue weighted by Gasteiger charge is 2.07. The minimum Gasteiger partial charge on any atom is -0.397 e. The highest BCUT2D eigenvalue weighted by molar-refractivity contribution is 6.30. The van der Waals surface area contributed by atoms with E-state index < -0.39 is 5.82 Å². The van der Waals surface area contributed by atoms with Gasteiger partial charge in [0.15, 0.2) is 0 Å². The van der Waals surface area contributed by atoms with Crippen LogP contribution < -0.4 is 11.1 Å². The van der Waals surface area contributed by atoms with E-state index in [0.29, 0.717) is 10.7 Å². The van der Waals surface area contributed by atoms with Crippen LogP contribution >= 0.6 is 11.6 Å². The zero-order valence-electron chi connectivity index (χ0n) is 9.99. The van der Waals surface area contributed by atoms with Gasteiger partial charge in [-0.05, 0) is 35.9 Å². The Kier molecular flexibility index (Phi) is 4.02. The third-order valence-electron chi connectivity index (χ3n) is 2.57. The van der Waals surface area contributed by atoms with Crippen molar-refractivity contribution in [2.75, 3.05) is 11.1 Å². The number of benzene rings is 2. The van der Waals surface area contributed by atoms with Crippen molar-refractivity contribution < 1.29 is 9.18 Å². The van der Waals surface area contributed by atoms with Crippen LogP contribution in [0.4, 0.5) is 15.8 Å². The Morgan fingerprint density at radius 2 is 1.89 bits per heavy atom. The fraction of sp³-hybridized carbons (Fsp3) is 0.0714. The summed E-state index contributed by atoms with van der Waals surface area (Å²) in [6, 6.07) is 10.8. The van der Waals surface area contributed by atoms with E-state index in [1.807, 2.05) is 0 Å². The van der Waals surface area contributed by atoms with Gasteiger partial charge in [-0.15, -0.1) is 0 Å². The lowest BCUT2D eigenvalue weighted by atomic mass is 10.1.